The lowest BCUT2D eigenvalue weighted by molar-refractivity contribution is 0.102. The van der Waals surface area contributed by atoms with Crippen molar-refractivity contribution < 1.29 is 4.79 Å². The van der Waals surface area contributed by atoms with Crippen molar-refractivity contribution in [2.75, 3.05) is 11.1 Å². The first kappa shape index (κ1) is 13.6. The minimum atomic E-state index is -0.139. The average molecular weight is 297 g/mol. The number of carbonyl (C=O) groups is 1. The molecule has 3 N–H and O–H groups in total. The van der Waals surface area contributed by atoms with Crippen molar-refractivity contribution in [2.45, 2.75) is 13.8 Å². The molecule has 4 nitrogen and oxygen atoms in total. The van der Waals surface area contributed by atoms with Gasteiger partial charge in [-0.3, -0.25) is 10.1 Å². The fourth-order valence-electron chi connectivity index (χ4n) is 2.23. The number of fused-ring (bicyclic) bond motifs is 1. The molecular formula is C16H15N3OS. The van der Waals surface area contributed by atoms with Gasteiger partial charge >= 0.3 is 0 Å². The summed E-state index contributed by atoms with van der Waals surface area (Å²) in [5.41, 5.74) is 10.0. The van der Waals surface area contributed by atoms with Crippen molar-refractivity contribution >= 4 is 38.3 Å². The molecule has 3 aromatic rings. The second-order valence-corrected chi connectivity index (χ2v) is 6.05. The first-order valence-corrected chi connectivity index (χ1v) is 7.39. The summed E-state index contributed by atoms with van der Waals surface area (Å²) >= 11 is 1.42. The fourth-order valence-corrected chi connectivity index (χ4v) is 3.14. The lowest BCUT2D eigenvalue weighted by Crippen LogP contribution is -2.13. The van der Waals surface area contributed by atoms with E-state index in [1.54, 1.807) is 6.07 Å². The van der Waals surface area contributed by atoms with Gasteiger partial charge < -0.3 is 5.73 Å². The highest BCUT2D eigenvalue weighted by molar-refractivity contribution is 7.22. The number of benzene rings is 2. The number of carbonyl (C=O) groups excluding carboxylic acids is 1. The number of aromatic nitrogens is 1. The topological polar surface area (TPSA) is 68.0 Å². The van der Waals surface area contributed by atoms with Crippen LogP contribution < -0.4 is 11.1 Å². The number of hydrogen-bond acceptors (Lipinski definition) is 4. The average Bonchev–Trinajstić information content (AvgIpc) is 2.79. The van der Waals surface area contributed by atoms with Gasteiger partial charge in [0.15, 0.2) is 5.13 Å². The van der Waals surface area contributed by atoms with E-state index in [0.29, 0.717) is 16.4 Å². The Bertz CT molecular complexity index is 839. The van der Waals surface area contributed by atoms with Gasteiger partial charge in [0.2, 0.25) is 0 Å². The molecule has 0 spiro atoms. The molecule has 1 heterocycles. The normalized spacial score (nSPS) is 10.8. The van der Waals surface area contributed by atoms with Gasteiger partial charge in [0, 0.05) is 11.3 Å². The van der Waals surface area contributed by atoms with E-state index in [2.05, 4.69) is 10.3 Å². The Morgan fingerprint density at radius 1 is 1.19 bits per heavy atom. The van der Waals surface area contributed by atoms with Crippen LogP contribution in [-0.2, 0) is 0 Å². The van der Waals surface area contributed by atoms with Crippen LogP contribution in [0, 0.1) is 13.8 Å². The van der Waals surface area contributed by atoms with Crippen LogP contribution in [0.15, 0.2) is 36.4 Å². The number of nitrogens with two attached hydrogens (primary N) is 1. The molecule has 0 aliphatic carbocycles. The number of amides is 1. The number of nitrogens with one attached hydrogen (secondary N) is 1. The Morgan fingerprint density at radius 3 is 2.76 bits per heavy atom. The van der Waals surface area contributed by atoms with Crippen LogP contribution in [0.5, 0.6) is 0 Å². The molecule has 5 heteroatoms. The first-order chi connectivity index (χ1) is 10.0. The summed E-state index contributed by atoms with van der Waals surface area (Å²) in [4.78, 5) is 16.7. The molecule has 2 aromatic carbocycles. The second-order valence-electron chi connectivity index (χ2n) is 5.02. The van der Waals surface area contributed by atoms with Gasteiger partial charge in [0.05, 0.1) is 10.2 Å². The zero-order valence-corrected chi connectivity index (χ0v) is 12.6. The summed E-state index contributed by atoms with van der Waals surface area (Å²) in [6, 6.07) is 11.3. The number of nitrogens with zero attached hydrogens (tertiary/aromatic N) is 1. The maximum absolute atomic E-state index is 12.3. The molecule has 0 aliphatic heterocycles. The first-order valence-electron chi connectivity index (χ1n) is 6.57. The van der Waals surface area contributed by atoms with Crippen molar-refractivity contribution in [1.82, 2.24) is 4.98 Å². The zero-order valence-electron chi connectivity index (χ0n) is 11.8. The molecule has 3 rings (SSSR count). The number of aryl methyl sites for hydroxylation is 2. The van der Waals surface area contributed by atoms with Crippen LogP contribution in [0.1, 0.15) is 21.5 Å². The summed E-state index contributed by atoms with van der Waals surface area (Å²) in [7, 11) is 0. The maximum atomic E-state index is 12.3. The number of hydrogen-bond donors (Lipinski definition) is 2. The van der Waals surface area contributed by atoms with Crippen molar-refractivity contribution in [2.24, 2.45) is 0 Å². The molecule has 1 aromatic heterocycles. The maximum Gasteiger partial charge on any atom is 0.257 e. The van der Waals surface area contributed by atoms with E-state index in [9.17, 15) is 4.79 Å². The molecule has 0 bridgehead atoms. The van der Waals surface area contributed by atoms with E-state index < -0.39 is 0 Å². The van der Waals surface area contributed by atoms with E-state index in [0.717, 1.165) is 21.3 Å². The van der Waals surface area contributed by atoms with Gasteiger partial charge in [0.1, 0.15) is 0 Å². The third kappa shape index (κ3) is 2.73. The molecule has 0 atom stereocenters. The van der Waals surface area contributed by atoms with Gasteiger partial charge in [-0.1, -0.05) is 29.0 Å². The molecule has 0 unspecified atom stereocenters. The highest BCUT2D eigenvalue weighted by Crippen LogP contribution is 2.28. The Hall–Kier alpha value is -2.40. The Morgan fingerprint density at radius 2 is 2.00 bits per heavy atom. The van der Waals surface area contributed by atoms with E-state index >= 15 is 0 Å². The Labute approximate surface area is 126 Å². The SMILES string of the molecule is Cc1ccc(C(=O)Nc2nc3ccc(N)cc3s2)c(C)c1. The van der Waals surface area contributed by atoms with Crippen LogP contribution in [0.3, 0.4) is 0 Å². The zero-order chi connectivity index (χ0) is 15.0. The Balaban J connectivity index is 1.89. The van der Waals surface area contributed by atoms with Crippen LogP contribution in [0.25, 0.3) is 10.2 Å². The molecule has 0 saturated carbocycles. The largest absolute Gasteiger partial charge is 0.399 e. The molecule has 0 aliphatic rings. The van der Waals surface area contributed by atoms with E-state index in [1.807, 2.05) is 44.2 Å². The summed E-state index contributed by atoms with van der Waals surface area (Å²) in [6.07, 6.45) is 0. The predicted molar refractivity (Wildman–Crippen MR) is 87.9 cm³/mol. The standard InChI is InChI=1S/C16H15N3OS/c1-9-3-5-12(10(2)7-9)15(20)19-16-18-13-6-4-11(17)8-14(13)21-16/h3-8H,17H2,1-2H3,(H,18,19,20). The van der Waals surface area contributed by atoms with Gasteiger partial charge in [-0.05, 0) is 43.7 Å². The van der Waals surface area contributed by atoms with E-state index in [-0.39, 0.29) is 5.91 Å². The smallest absolute Gasteiger partial charge is 0.257 e. The van der Waals surface area contributed by atoms with E-state index in [4.69, 9.17) is 5.73 Å². The molecule has 0 saturated heterocycles. The van der Waals surface area contributed by atoms with Crippen LogP contribution in [0.2, 0.25) is 0 Å². The lowest BCUT2D eigenvalue weighted by atomic mass is 10.1. The summed E-state index contributed by atoms with van der Waals surface area (Å²) in [5.74, 6) is -0.139. The summed E-state index contributed by atoms with van der Waals surface area (Å²) in [6.45, 7) is 3.94. The van der Waals surface area contributed by atoms with Crippen molar-refractivity contribution in [3.8, 4) is 0 Å². The van der Waals surface area contributed by atoms with Gasteiger partial charge in [-0.2, -0.15) is 0 Å². The van der Waals surface area contributed by atoms with Crippen molar-refractivity contribution in [3.63, 3.8) is 0 Å². The second kappa shape index (κ2) is 5.18. The van der Waals surface area contributed by atoms with Gasteiger partial charge in [0.25, 0.3) is 5.91 Å². The Kier molecular flexibility index (Phi) is 3.35. The van der Waals surface area contributed by atoms with E-state index in [1.165, 1.54) is 11.3 Å². The van der Waals surface area contributed by atoms with Gasteiger partial charge in [-0.15, -0.1) is 0 Å². The predicted octanol–water partition coefficient (Wildman–Crippen LogP) is 3.75. The highest BCUT2D eigenvalue weighted by Gasteiger charge is 2.12. The summed E-state index contributed by atoms with van der Waals surface area (Å²) < 4.78 is 0.964. The highest BCUT2D eigenvalue weighted by atomic mass is 32.1. The third-order valence-electron chi connectivity index (χ3n) is 3.26. The minimum absolute atomic E-state index is 0.139. The fraction of sp³-hybridized carbons (Fsp3) is 0.125. The number of anilines is 2. The molecule has 1 amide bonds. The van der Waals surface area contributed by atoms with Crippen molar-refractivity contribution in [3.05, 3.63) is 53.1 Å². The summed E-state index contributed by atoms with van der Waals surface area (Å²) in [5, 5.41) is 3.44. The van der Waals surface area contributed by atoms with Gasteiger partial charge in [-0.25, -0.2) is 4.98 Å². The monoisotopic (exact) mass is 297 g/mol. The molecule has 0 radical (unpaired) electrons. The van der Waals surface area contributed by atoms with Crippen LogP contribution >= 0.6 is 11.3 Å². The molecule has 21 heavy (non-hydrogen) atoms. The number of thiazole rings is 1. The molecular weight excluding hydrogens is 282 g/mol. The quantitative estimate of drug-likeness (QED) is 0.708. The van der Waals surface area contributed by atoms with Crippen molar-refractivity contribution in [1.29, 1.82) is 0 Å². The number of rotatable bonds is 2. The minimum Gasteiger partial charge on any atom is -0.399 e. The lowest BCUT2D eigenvalue weighted by Gasteiger charge is -2.06. The van der Waals surface area contributed by atoms with Crippen LogP contribution in [0.4, 0.5) is 10.8 Å². The third-order valence-corrected chi connectivity index (χ3v) is 4.19. The molecule has 106 valence electrons. The van der Waals surface area contributed by atoms with Crippen LogP contribution in [-0.4, -0.2) is 10.9 Å². The number of nitrogen functional groups attached to an aromatic ring is 1. The molecule has 0 fully saturated rings.